The van der Waals surface area contributed by atoms with Crippen LogP contribution in [-0.2, 0) is 16.0 Å². The Hall–Kier alpha value is -1.30. The Kier molecular flexibility index (Phi) is 9.62. The van der Waals surface area contributed by atoms with Crippen LogP contribution in [0.3, 0.4) is 0 Å². The van der Waals surface area contributed by atoms with Gasteiger partial charge in [0.05, 0.1) is 13.2 Å². The summed E-state index contributed by atoms with van der Waals surface area (Å²) >= 11 is 6.19. The highest BCUT2D eigenvalue weighted by Gasteiger charge is 2.08. The molecule has 0 unspecified atom stereocenters. The number of nitrogens with zero attached hydrogens (tertiary/aromatic N) is 2. The predicted octanol–water partition coefficient (Wildman–Crippen LogP) is 2.40. The molecule has 1 rings (SSSR count). The zero-order valence-corrected chi connectivity index (χ0v) is 14.4. The summed E-state index contributed by atoms with van der Waals surface area (Å²) in [5, 5.41) is 4.10. The quantitative estimate of drug-likeness (QED) is 0.430. The Morgan fingerprint density at radius 3 is 2.73 bits per heavy atom. The topological polar surface area (TPSA) is 46.1 Å². The van der Waals surface area contributed by atoms with E-state index in [0.29, 0.717) is 26.4 Å². The van der Waals surface area contributed by atoms with Gasteiger partial charge in [0.1, 0.15) is 0 Å². The van der Waals surface area contributed by atoms with Crippen molar-refractivity contribution < 1.29 is 9.47 Å². The molecule has 1 N–H and O–H groups in total. The third kappa shape index (κ3) is 7.11. The van der Waals surface area contributed by atoms with Gasteiger partial charge in [0, 0.05) is 45.9 Å². The van der Waals surface area contributed by atoms with E-state index in [1.54, 1.807) is 14.2 Å². The highest BCUT2D eigenvalue weighted by atomic mass is 35.5. The molecule has 0 radical (unpaired) electrons. The Balaban J connectivity index is 2.30. The van der Waals surface area contributed by atoms with Crippen molar-refractivity contribution in [2.24, 2.45) is 4.99 Å². The van der Waals surface area contributed by atoms with Crippen molar-refractivity contribution in [1.29, 1.82) is 0 Å². The lowest BCUT2D eigenvalue weighted by Gasteiger charge is -2.22. The van der Waals surface area contributed by atoms with E-state index in [9.17, 15) is 0 Å². The van der Waals surface area contributed by atoms with E-state index < -0.39 is 0 Å². The third-order valence-electron chi connectivity index (χ3n) is 3.12. The van der Waals surface area contributed by atoms with Gasteiger partial charge in [-0.1, -0.05) is 29.8 Å². The summed E-state index contributed by atoms with van der Waals surface area (Å²) in [6.45, 7) is 3.51. The van der Waals surface area contributed by atoms with Crippen molar-refractivity contribution in [2.45, 2.75) is 13.0 Å². The molecule has 0 aliphatic heterocycles. The lowest BCUT2D eigenvalue weighted by Crippen LogP contribution is -2.39. The van der Waals surface area contributed by atoms with Gasteiger partial charge in [-0.25, -0.2) is 0 Å². The molecule has 0 spiro atoms. The van der Waals surface area contributed by atoms with Crippen LogP contribution in [0, 0.1) is 0 Å². The summed E-state index contributed by atoms with van der Waals surface area (Å²) < 4.78 is 10.3. The maximum Gasteiger partial charge on any atom is 0.193 e. The molecule has 0 atom stereocenters. The number of hydrogen-bond acceptors (Lipinski definition) is 3. The third-order valence-corrected chi connectivity index (χ3v) is 3.49. The first-order valence-electron chi connectivity index (χ1n) is 7.41. The lowest BCUT2D eigenvalue weighted by molar-refractivity contribution is 0.0698. The maximum absolute atomic E-state index is 6.19. The van der Waals surface area contributed by atoms with E-state index in [-0.39, 0.29) is 0 Å². The van der Waals surface area contributed by atoms with Gasteiger partial charge in [0.2, 0.25) is 0 Å². The van der Waals surface area contributed by atoms with Gasteiger partial charge in [-0.15, -0.1) is 0 Å². The fraction of sp³-hybridized carbons (Fsp3) is 0.562. The van der Waals surface area contributed by atoms with Gasteiger partial charge >= 0.3 is 0 Å². The molecule has 22 heavy (non-hydrogen) atoms. The number of aliphatic imine (C=N–C) groups is 1. The van der Waals surface area contributed by atoms with Gasteiger partial charge in [-0.3, -0.25) is 4.99 Å². The van der Waals surface area contributed by atoms with Crippen molar-refractivity contribution in [3.8, 4) is 0 Å². The zero-order valence-electron chi connectivity index (χ0n) is 13.6. The second-order valence-electron chi connectivity index (χ2n) is 4.88. The number of nitrogens with one attached hydrogen (secondary N) is 1. The SMILES string of the molecule is CN=C(NCCCOCCOC)N(C)Cc1ccccc1Cl. The fourth-order valence-electron chi connectivity index (χ4n) is 1.96. The summed E-state index contributed by atoms with van der Waals surface area (Å²) in [7, 11) is 5.44. The van der Waals surface area contributed by atoms with E-state index in [2.05, 4.69) is 10.3 Å². The second kappa shape index (κ2) is 11.3. The van der Waals surface area contributed by atoms with Crippen molar-refractivity contribution in [2.75, 3.05) is 47.6 Å². The van der Waals surface area contributed by atoms with Gasteiger partial charge < -0.3 is 19.7 Å². The highest BCUT2D eigenvalue weighted by molar-refractivity contribution is 6.31. The zero-order chi connectivity index (χ0) is 16.2. The molecule has 6 heteroatoms. The van der Waals surface area contributed by atoms with E-state index in [4.69, 9.17) is 21.1 Å². The molecule has 1 aromatic carbocycles. The van der Waals surface area contributed by atoms with Crippen LogP contribution in [0.5, 0.6) is 0 Å². The van der Waals surface area contributed by atoms with Crippen LogP contribution in [-0.4, -0.2) is 58.4 Å². The van der Waals surface area contributed by atoms with Crippen LogP contribution in [0.2, 0.25) is 5.02 Å². The first-order valence-corrected chi connectivity index (χ1v) is 7.78. The fourth-order valence-corrected chi connectivity index (χ4v) is 2.16. The molecule has 0 aromatic heterocycles. The highest BCUT2D eigenvalue weighted by Crippen LogP contribution is 2.16. The molecular weight excluding hydrogens is 302 g/mol. The van der Waals surface area contributed by atoms with Crippen molar-refractivity contribution in [3.05, 3.63) is 34.9 Å². The van der Waals surface area contributed by atoms with Crippen molar-refractivity contribution in [3.63, 3.8) is 0 Å². The van der Waals surface area contributed by atoms with Crippen LogP contribution < -0.4 is 5.32 Å². The van der Waals surface area contributed by atoms with Crippen LogP contribution in [0.25, 0.3) is 0 Å². The van der Waals surface area contributed by atoms with E-state index in [0.717, 1.165) is 29.5 Å². The van der Waals surface area contributed by atoms with Gasteiger partial charge in [-0.05, 0) is 18.1 Å². The molecule has 124 valence electrons. The number of ether oxygens (including phenoxy) is 2. The van der Waals surface area contributed by atoms with Crippen molar-refractivity contribution >= 4 is 17.6 Å². The van der Waals surface area contributed by atoms with Crippen molar-refractivity contribution in [1.82, 2.24) is 10.2 Å². The van der Waals surface area contributed by atoms with Crippen LogP contribution in [0.4, 0.5) is 0 Å². The normalized spacial score (nSPS) is 11.5. The average molecular weight is 328 g/mol. The minimum absolute atomic E-state index is 0.635. The van der Waals surface area contributed by atoms with Crippen LogP contribution >= 0.6 is 11.6 Å². The first-order chi connectivity index (χ1) is 10.7. The Morgan fingerprint density at radius 1 is 1.27 bits per heavy atom. The summed E-state index contributed by atoms with van der Waals surface area (Å²) in [5.74, 6) is 0.844. The van der Waals surface area contributed by atoms with E-state index in [1.807, 2.05) is 36.2 Å². The van der Waals surface area contributed by atoms with Gasteiger partial charge in [-0.2, -0.15) is 0 Å². The largest absolute Gasteiger partial charge is 0.382 e. The molecule has 0 fully saturated rings. The number of halogens is 1. The second-order valence-corrected chi connectivity index (χ2v) is 5.29. The van der Waals surface area contributed by atoms with E-state index >= 15 is 0 Å². The predicted molar refractivity (Wildman–Crippen MR) is 91.6 cm³/mol. The standard InChI is InChI=1S/C16H26ClN3O2/c1-18-16(19-9-6-10-22-12-11-21-3)20(2)13-14-7-4-5-8-15(14)17/h4-5,7-8H,6,9-13H2,1-3H3,(H,18,19). The number of hydrogen-bond donors (Lipinski definition) is 1. The Morgan fingerprint density at radius 2 is 2.05 bits per heavy atom. The van der Waals surface area contributed by atoms with Crippen LogP contribution in [0.1, 0.15) is 12.0 Å². The minimum Gasteiger partial charge on any atom is -0.382 e. The number of methoxy groups -OCH3 is 1. The van der Waals surface area contributed by atoms with Gasteiger partial charge in [0.15, 0.2) is 5.96 Å². The lowest BCUT2D eigenvalue weighted by atomic mass is 10.2. The molecule has 0 saturated carbocycles. The molecule has 1 aromatic rings. The van der Waals surface area contributed by atoms with Gasteiger partial charge in [0.25, 0.3) is 0 Å². The number of rotatable bonds is 9. The molecule has 0 aliphatic carbocycles. The minimum atomic E-state index is 0.635. The molecule has 0 bridgehead atoms. The summed E-state index contributed by atoms with van der Waals surface area (Å²) in [5.41, 5.74) is 1.08. The van der Waals surface area contributed by atoms with Crippen LogP contribution in [0.15, 0.2) is 29.3 Å². The monoisotopic (exact) mass is 327 g/mol. The molecule has 0 heterocycles. The maximum atomic E-state index is 6.19. The molecule has 0 amide bonds. The molecule has 5 nitrogen and oxygen atoms in total. The first kappa shape index (κ1) is 18.7. The van der Waals surface area contributed by atoms with E-state index in [1.165, 1.54) is 0 Å². The number of benzene rings is 1. The molecule has 0 saturated heterocycles. The Bertz CT molecular complexity index is 455. The number of guanidine groups is 1. The summed E-state index contributed by atoms with van der Waals surface area (Å²) in [6.07, 6.45) is 0.919. The summed E-state index contributed by atoms with van der Waals surface area (Å²) in [6, 6.07) is 7.85. The summed E-state index contributed by atoms with van der Waals surface area (Å²) in [4.78, 5) is 6.34. The average Bonchev–Trinajstić information content (AvgIpc) is 2.52. The molecule has 0 aliphatic rings. The smallest absolute Gasteiger partial charge is 0.193 e. The Labute approximate surface area is 138 Å². The molecular formula is C16H26ClN3O2.